The van der Waals surface area contributed by atoms with Gasteiger partial charge in [-0.15, -0.1) is 0 Å². The number of halogens is 1. The third kappa shape index (κ3) is 6.57. The highest BCUT2D eigenvalue weighted by Gasteiger charge is 2.75. The van der Waals surface area contributed by atoms with Crippen molar-refractivity contribution < 1.29 is 27.5 Å². The Morgan fingerprint density at radius 1 is 0.947 bits per heavy atom. The lowest BCUT2D eigenvalue weighted by Gasteiger charge is -2.75. The number of rotatable bonds is 10. The number of nitrogens with zero attached hydrogens (tertiary/aromatic N) is 2. The number of sulfone groups is 1. The second kappa shape index (κ2) is 14.6. The zero-order valence-corrected chi connectivity index (χ0v) is 37.2. The lowest BCUT2D eigenvalue weighted by molar-refractivity contribution is -0.237. The van der Waals surface area contributed by atoms with E-state index in [2.05, 4.69) is 70.1 Å². The summed E-state index contributed by atoms with van der Waals surface area (Å²) in [4.78, 5) is 29.8. The summed E-state index contributed by atoms with van der Waals surface area (Å²) in [5.74, 6) is 1.09. The van der Waals surface area contributed by atoms with Gasteiger partial charge < -0.3 is 20.6 Å². The number of fused-ring (bicyclic) bond motifs is 7. The molecule has 4 saturated carbocycles. The zero-order valence-electron chi connectivity index (χ0n) is 36.4. The summed E-state index contributed by atoms with van der Waals surface area (Å²) in [6, 6.07) is 0. The quantitative estimate of drug-likeness (QED) is 0.213. The topological polar surface area (TPSA) is 121 Å². The molecule has 320 valence electrons. The van der Waals surface area contributed by atoms with E-state index in [0.717, 1.165) is 77.3 Å². The smallest absolute Gasteiger partial charge is 0.312 e. The van der Waals surface area contributed by atoms with Crippen molar-refractivity contribution in [1.82, 2.24) is 9.80 Å². The van der Waals surface area contributed by atoms with E-state index in [0.29, 0.717) is 50.2 Å². The van der Waals surface area contributed by atoms with Gasteiger partial charge in [-0.25, -0.2) is 12.8 Å². The fourth-order valence-corrected chi connectivity index (χ4v) is 16.9. The first-order valence-electron chi connectivity index (χ1n) is 22.4. The summed E-state index contributed by atoms with van der Waals surface area (Å²) in [6.07, 6.45) is 16.2. The summed E-state index contributed by atoms with van der Waals surface area (Å²) in [6.45, 7) is 23.6. The maximum atomic E-state index is 14.0. The van der Waals surface area contributed by atoms with Crippen molar-refractivity contribution in [2.24, 2.45) is 61.9 Å². The highest BCUT2D eigenvalue weighted by molar-refractivity contribution is 7.91. The van der Waals surface area contributed by atoms with E-state index in [4.69, 9.17) is 5.73 Å². The molecule has 10 atom stereocenters. The molecule has 8 nitrogen and oxygen atoms in total. The number of carboxylic acid groups (broad SMARTS) is 1. The van der Waals surface area contributed by atoms with Crippen molar-refractivity contribution in [3.05, 3.63) is 35.5 Å². The number of carbonyl (C=O) groups excluding carboxylic acids is 1. The number of nitrogens with two attached hydrogens (primary N) is 1. The molecule has 1 heterocycles. The van der Waals surface area contributed by atoms with Crippen LogP contribution in [-0.4, -0.2) is 91.6 Å². The molecule has 1 aliphatic heterocycles. The molecule has 1 amide bonds. The Kier molecular flexibility index (Phi) is 11.0. The van der Waals surface area contributed by atoms with E-state index < -0.39 is 33.4 Å². The van der Waals surface area contributed by atoms with Crippen LogP contribution in [0.3, 0.4) is 0 Å². The predicted octanol–water partition coefficient (Wildman–Crippen LogP) is 8.38. The normalized spacial score (nSPS) is 43.7. The second-order valence-electron chi connectivity index (χ2n) is 21.8. The van der Waals surface area contributed by atoms with Gasteiger partial charge in [0.15, 0.2) is 9.84 Å². The summed E-state index contributed by atoms with van der Waals surface area (Å²) < 4.78 is 38.0. The van der Waals surface area contributed by atoms with E-state index >= 15 is 0 Å². The molecule has 3 N–H and O–H groups in total. The fraction of sp³-hybridized carbons (Fsp3) is 0.830. The van der Waals surface area contributed by atoms with Gasteiger partial charge in [0.25, 0.3) is 0 Å². The van der Waals surface area contributed by atoms with Gasteiger partial charge in [-0.1, -0.05) is 58.9 Å². The van der Waals surface area contributed by atoms with E-state index in [1.807, 2.05) is 0 Å². The van der Waals surface area contributed by atoms with Gasteiger partial charge in [0.05, 0.1) is 16.9 Å². The average molecular weight is 812 g/mol. The van der Waals surface area contributed by atoms with Crippen molar-refractivity contribution in [3.8, 4) is 0 Å². The van der Waals surface area contributed by atoms with Crippen LogP contribution < -0.4 is 5.73 Å². The minimum absolute atomic E-state index is 0.0373. The summed E-state index contributed by atoms with van der Waals surface area (Å²) >= 11 is 0. The minimum Gasteiger partial charge on any atom is -0.481 e. The van der Waals surface area contributed by atoms with Gasteiger partial charge in [0.1, 0.15) is 6.67 Å². The monoisotopic (exact) mass is 812 g/mol. The molecule has 6 aliphatic carbocycles. The predicted molar refractivity (Wildman–Crippen MR) is 226 cm³/mol. The number of hydrogen-bond acceptors (Lipinski definition) is 6. The van der Waals surface area contributed by atoms with Crippen molar-refractivity contribution in [2.75, 3.05) is 50.9 Å². The van der Waals surface area contributed by atoms with Crippen LogP contribution in [0.15, 0.2) is 35.5 Å². The van der Waals surface area contributed by atoms with Crippen LogP contribution in [0.2, 0.25) is 0 Å². The number of amides is 1. The molecule has 0 aromatic carbocycles. The second-order valence-corrected chi connectivity index (χ2v) is 24.1. The van der Waals surface area contributed by atoms with Crippen LogP contribution in [0.25, 0.3) is 0 Å². The number of aliphatic carboxylic acids is 1. The Labute approximate surface area is 343 Å². The molecular weight excluding hydrogens is 738 g/mol. The van der Waals surface area contributed by atoms with E-state index in [-0.39, 0.29) is 56.8 Å². The van der Waals surface area contributed by atoms with Crippen LogP contribution in [0.1, 0.15) is 132 Å². The molecule has 5 fully saturated rings. The van der Waals surface area contributed by atoms with Gasteiger partial charge in [-0.05, 0) is 159 Å². The first-order chi connectivity index (χ1) is 26.5. The third-order valence-electron chi connectivity index (χ3n) is 19.0. The molecule has 0 spiro atoms. The number of hydrogen-bond donors (Lipinski definition) is 2. The SMILES string of the molecule is C=C(C)[C@@H]1CCC2(CN(CCCN3CCS(=O)(=O)CC3)C(C)=O)CC[C@@]3(C)[C@]4(C)CC[C@H]5C(C)(C)C(C6=CC[C@@](CF)(C(=O)O)CC6)=CCC5(C)[C@H]4CC[C@]3(N)[C@@H]12. The van der Waals surface area contributed by atoms with E-state index in [9.17, 15) is 27.5 Å². The van der Waals surface area contributed by atoms with Gasteiger partial charge in [0, 0.05) is 38.6 Å². The molecule has 0 aromatic heterocycles. The molecule has 0 aromatic rings. The van der Waals surface area contributed by atoms with Crippen molar-refractivity contribution in [2.45, 2.75) is 137 Å². The van der Waals surface area contributed by atoms with Gasteiger partial charge in [0.2, 0.25) is 5.91 Å². The largest absolute Gasteiger partial charge is 0.481 e. The lowest BCUT2D eigenvalue weighted by atomic mass is 9.30. The molecule has 7 aliphatic rings. The Bertz CT molecular complexity index is 1810. The van der Waals surface area contributed by atoms with Gasteiger partial charge >= 0.3 is 5.97 Å². The van der Waals surface area contributed by atoms with Crippen molar-refractivity contribution in [1.29, 1.82) is 0 Å². The maximum Gasteiger partial charge on any atom is 0.312 e. The fourth-order valence-electron chi connectivity index (χ4n) is 15.6. The first-order valence-corrected chi connectivity index (χ1v) is 24.2. The standard InChI is InChI=1S/C47H74FN3O5S/c1-32(2)35-12-20-46(31-51(33(3)52)25-9-24-50-26-28-57(55,56)29-27-50)23-22-44(8)43(7)17-14-37-41(4,5)36(34-10-18-45(30-48,19-11-34)40(53)54)13-16-42(37,6)38(43)15-21-47(44,49)39(35)46/h10,13,35,37-39H,1,9,11-12,14-31,49H2,2-8H3,(H,53,54)/t35-,37-,38+,39-,42?,43+,44-,45+,46?,47-/m0/s1. The lowest BCUT2D eigenvalue weighted by Crippen LogP contribution is -2.76. The van der Waals surface area contributed by atoms with Crippen molar-refractivity contribution in [3.63, 3.8) is 0 Å². The highest BCUT2D eigenvalue weighted by atomic mass is 32.2. The zero-order chi connectivity index (χ0) is 41.6. The Hall–Kier alpha value is -2.04. The summed E-state index contributed by atoms with van der Waals surface area (Å²) in [5.41, 5.74) is 10.2. The maximum absolute atomic E-state index is 14.0. The van der Waals surface area contributed by atoms with Crippen LogP contribution in [0, 0.1) is 56.2 Å². The van der Waals surface area contributed by atoms with Gasteiger partial charge in [-0.2, -0.15) is 0 Å². The molecule has 2 unspecified atom stereocenters. The van der Waals surface area contributed by atoms with Crippen molar-refractivity contribution >= 4 is 21.7 Å². The van der Waals surface area contributed by atoms with Crippen LogP contribution in [0.4, 0.5) is 4.39 Å². The summed E-state index contributed by atoms with van der Waals surface area (Å²) in [5, 5.41) is 9.85. The number of alkyl halides is 1. The molecule has 10 heteroatoms. The Morgan fingerprint density at radius 3 is 2.23 bits per heavy atom. The number of carbonyl (C=O) groups is 2. The molecule has 0 radical (unpaired) electrons. The minimum atomic E-state index is -2.93. The molecule has 1 saturated heterocycles. The molecule has 7 rings (SSSR count). The third-order valence-corrected chi connectivity index (χ3v) is 20.7. The van der Waals surface area contributed by atoms with Crippen LogP contribution in [-0.2, 0) is 19.4 Å². The van der Waals surface area contributed by atoms with Crippen LogP contribution in [0.5, 0.6) is 0 Å². The molecular formula is C47H74FN3O5S. The van der Waals surface area contributed by atoms with E-state index in [1.165, 1.54) is 16.7 Å². The average Bonchev–Trinajstić information content (AvgIpc) is 3.54. The molecule has 57 heavy (non-hydrogen) atoms. The Balaban J connectivity index is 1.15. The van der Waals surface area contributed by atoms with E-state index in [1.54, 1.807) is 6.92 Å². The summed E-state index contributed by atoms with van der Waals surface area (Å²) in [7, 11) is -2.93. The van der Waals surface area contributed by atoms with Gasteiger partial charge in [-0.3, -0.25) is 9.59 Å². The molecule has 0 bridgehead atoms. The first kappa shape index (κ1) is 43.1. The van der Waals surface area contributed by atoms with Crippen LogP contribution >= 0.6 is 0 Å². The highest BCUT2D eigenvalue weighted by Crippen LogP contribution is 2.78. The number of allylic oxidation sites excluding steroid dienone is 5. The Morgan fingerprint density at radius 2 is 1.63 bits per heavy atom. The number of carboxylic acids is 1.